The standard InChI is InChI=1S/C15H14ClNOS/c1-19-13-8-11-4-7-14(18-15(11)17-9-13)10-2-5-12(16)6-3-10/h2-3,5-6,8-9,14H,4,7H2,1H3. The predicted molar refractivity (Wildman–Crippen MR) is 79.2 cm³/mol. The molecular weight excluding hydrogens is 278 g/mol. The van der Waals surface area contributed by atoms with E-state index in [1.165, 1.54) is 10.5 Å². The molecule has 2 heterocycles. The molecule has 98 valence electrons. The third-order valence-electron chi connectivity index (χ3n) is 3.31. The molecule has 1 aromatic carbocycles. The maximum absolute atomic E-state index is 5.99. The van der Waals surface area contributed by atoms with Gasteiger partial charge >= 0.3 is 0 Å². The van der Waals surface area contributed by atoms with Crippen molar-refractivity contribution in [3.63, 3.8) is 0 Å². The summed E-state index contributed by atoms with van der Waals surface area (Å²) in [4.78, 5) is 5.60. The minimum absolute atomic E-state index is 0.0809. The molecule has 1 aliphatic rings. The summed E-state index contributed by atoms with van der Waals surface area (Å²) < 4.78 is 5.99. The van der Waals surface area contributed by atoms with Gasteiger partial charge in [-0.05, 0) is 42.9 Å². The number of fused-ring (bicyclic) bond motifs is 1. The fourth-order valence-corrected chi connectivity index (χ4v) is 2.81. The van der Waals surface area contributed by atoms with Crippen molar-refractivity contribution < 1.29 is 4.74 Å². The summed E-state index contributed by atoms with van der Waals surface area (Å²) in [7, 11) is 0. The van der Waals surface area contributed by atoms with Gasteiger partial charge in [0.2, 0.25) is 5.88 Å². The number of rotatable bonds is 2. The highest BCUT2D eigenvalue weighted by atomic mass is 35.5. The van der Waals surface area contributed by atoms with E-state index in [9.17, 15) is 0 Å². The quantitative estimate of drug-likeness (QED) is 0.759. The molecule has 0 amide bonds. The zero-order valence-electron chi connectivity index (χ0n) is 10.6. The Hall–Kier alpha value is -1.19. The van der Waals surface area contributed by atoms with Gasteiger partial charge in [-0.25, -0.2) is 4.98 Å². The Labute approximate surface area is 122 Å². The second kappa shape index (κ2) is 5.43. The fraction of sp³-hybridized carbons (Fsp3) is 0.267. The predicted octanol–water partition coefficient (Wildman–Crippen LogP) is 4.52. The number of ether oxygens (including phenoxy) is 1. The molecule has 1 aliphatic heterocycles. The van der Waals surface area contributed by atoms with Gasteiger partial charge in [-0.2, -0.15) is 0 Å². The lowest BCUT2D eigenvalue weighted by Crippen LogP contribution is -2.16. The molecule has 4 heteroatoms. The molecule has 0 aliphatic carbocycles. The number of benzene rings is 1. The highest BCUT2D eigenvalue weighted by molar-refractivity contribution is 7.98. The molecule has 0 radical (unpaired) electrons. The highest BCUT2D eigenvalue weighted by Crippen LogP contribution is 2.35. The molecule has 3 rings (SSSR count). The van der Waals surface area contributed by atoms with Gasteiger partial charge in [0.05, 0.1) is 0 Å². The zero-order chi connectivity index (χ0) is 13.2. The van der Waals surface area contributed by atoms with Gasteiger partial charge in [-0.15, -0.1) is 11.8 Å². The first-order valence-electron chi connectivity index (χ1n) is 6.21. The third kappa shape index (κ3) is 2.72. The smallest absolute Gasteiger partial charge is 0.217 e. The van der Waals surface area contributed by atoms with Crippen LogP contribution in [0.1, 0.15) is 23.7 Å². The Morgan fingerprint density at radius 1 is 1.32 bits per heavy atom. The van der Waals surface area contributed by atoms with Crippen LogP contribution in [0.2, 0.25) is 5.02 Å². The number of pyridine rings is 1. The van der Waals surface area contributed by atoms with E-state index in [1.807, 2.05) is 30.5 Å². The molecule has 0 fully saturated rings. The van der Waals surface area contributed by atoms with Crippen molar-refractivity contribution in [2.75, 3.05) is 6.26 Å². The summed E-state index contributed by atoms with van der Waals surface area (Å²) in [5, 5.41) is 0.752. The molecular formula is C15H14ClNOS. The van der Waals surface area contributed by atoms with Crippen LogP contribution in [0.25, 0.3) is 0 Å². The average Bonchev–Trinajstić information content (AvgIpc) is 2.47. The van der Waals surface area contributed by atoms with E-state index >= 15 is 0 Å². The van der Waals surface area contributed by atoms with Crippen molar-refractivity contribution in [1.82, 2.24) is 4.98 Å². The summed E-state index contributed by atoms with van der Waals surface area (Å²) in [6.07, 6.45) is 5.99. The second-order valence-corrected chi connectivity index (χ2v) is 5.85. The minimum atomic E-state index is 0.0809. The Balaban J connectivity index is 1.84. The molecule has 1 atom stereocenters. The van der Waals surface area contributed by atoms with Crippen LogP contribution in [-0.4, -0.2) is 11.2 Å². The Morgan fingerprint density at radius 2 is 2.11 bits per heavy atom. The molecule has 0 saturated heterocycles. The lowest BCUT2D eigenvalue weighted by atomic mass is 9.99. The lowest BCUT2D eigenvalue weighted by molar-refractivity contribution is 0.167. The van der Waals surface area contributed by atoms with Crippen LogP contribution >= 0.6 is 23.4 Å². The lowest BCUT2D eigenvalue weighted by Gasteiger charge is -2.25. The highest BCUT2D eigenvalue weighted by Gasteiger charge is 2.22. The molecule has 19 heavy (non-hydrogen) atoms. The number of halogens is 1. The number of aromatic nitrogens is 1. The Kier molecular flexibility index (Phi) is 3.67. The Bertz CT molecular complexity index is 585. The number of thioether (sulfide) groups is 1. The zero-order valence-corrected chi connectivity index (χ0v) is 12.2. The topological polar surface area (TPSA) is 22.1 Å². The molecule has 0 bridgehead atoms. The second-order valence-electron chi connectivity index (χ2n) is 4.54. The summed E-state index contributed by atoms with van der Waals surface area (Å²) >= 11 is 7.62. The number of nitrogens with zero attached hydrogens (tertiary/aromatic N) is 1. The van der Waals surface area contributed by atoms with Gasteiger partial charge in [0.1, 0.15) is 6.10 Å². The van der Waals surface area contributed by atoms with Crippen molar-refractivity contribution in [3.05, 3.63) is 52.7 Å². The van der Waals surface area contributed by atoms with E-state index in [1.54, 1.807) is 11.8 Å². The van der Waals surface area contributed by atoms with Crippen LogP contribution in [0.15, 0.2) is 41.4 Å². The van der Waals surface area contributed by atoms with Crippen LogP contribution in [0.3, 0.4) is 0 Å². The van der Waals surface area contributed by atoms with Crippen molar-refractivity contribution in [1.29, 1.82) is 0 Å². The molecule has 2 nitrogen and oxygen atoms in total. The maximum Gasteiger partial charge on any atom is 0.217 e. The van der Waals surface area contributed by atoms with E-state index in [4.69, 9.17) is 16.3 Å². The molecule has 1 aromatic heterocycles. The maximum atomic E-state index is 5.99. The van der Waals surface area contributed by atoms with Gasteiger partial charge in [-0.3, -0.25) is 0 Å². The van der Waals surface area contributed by atoms with Crippen LogP contribution in [-0.2, 0) is 6.42 Å². The van der Waals surface area contributed by atoms with Crippen LogP contribution < -0.4 is 4.74 Å². The third-order valence-corrected chi connectivity index (χ3v) is 4.25. The SMILES string of the molecule is CSc1cnc2c(c1)CCC(c1ccc(Cl)cc1)O2. The van der Waals surface area contributed by atoms with E-state index in [0.717, 1.165) is 29.3 Å². The van der Waals surface area contributed by atoms with Crippen molar-refractivity contribution in [2.24, 2.45) is 0 Å². The van der Waals surface area contributed by atoms with E-state index in [0.29, 0.717) is 0 Å². The molecule has 1 unspecified atom stereocenters. The summed E-state index contributed by atoms with van der Waals surface area (Å²) in [5.41, 5.74) is 2.36. The monoisotopic (exact) mass is 291 g/mol. The summed E-state index contributed by atoms with van der Waals surface area (Å²) in [6.45, 7) is 0. The average molecular weight is 292 g/mol. The van der Waals surface area contributed by atoms with Crippen LogP contribution in [0.5, 0.6) is 5.88 Å². The molecule has 0 saturated carbocycles. The molecule has 2 aromatic rings. The minimum Gasteiger partial charge on any atom is -0.469 e. The van der Waals surface area contributed by atoms with Crippen molar-refractivity contribution in [3.8, 4) is 5.88 Å². The number of hydrogen-bond acceptors (Lipinski definition) is 3. The van der Waals surface area contributed by atoms with E-state index in [2.05, 4.69) is 17.3 Å². The van der Waals surface area contributed by atoms with Gasteiger partial charge in [0.25, 0.3) is 0 Å². The first kappa shape index (κ1) is 12.8. The van der Waals surface area contributed by atoms with Gasteiger partial charge in [0, 0.05) is 21.7 Å². The fourth-order valence-electron chi connectivity index (χ4n) is 2.27. The first-order valence-corrected chi connectivity index (χ1v) is 7.81. The number of aryl methyl sites for hydroxylation is 1. The first-order chi connectivity index (χ1) is 9.26. The van der Waals surface area contributed by atoms with Gasteiger partial charge in [0.15, 0.2) is 0 Å². The molecule has 0 spiro atoms. The normalized spacial score (nSPS) is 17.7. The van der Waals surface area contributed by atoms with Crippen LogP contribution in [0.4, 0.5) is 0 Å². The number of hydrogen-bond donors (Lipinski definition) is 0. The largest absolute Gasteiger partial charge is 0.469 e. The molecule has 0 N–H and O–H groups in total. The summed E-state index contributed by atoms with van der Waals surface area (Å²) in [5.74, 6) is 0.768. The van der Waals surface area contributed by atoms with Crippen LogP contribution in [0, 0.1) is 0 Å². The van der Waals surface area contributed by atoms with Crippen molar-refractivity contribution in [2.45, 2.75) is 23.8 Å². The Morgan fingerprint density at radius 3 is 2.84 bits per heavy atom. The van der Waals surface area contributed by atoms with Crippen molar-refractivity contribution >= 4 is 23.4 Å². The van der Waals surface area contributed by atoms with Gasteiger partial charge < -0.3 is 4.74 Å². The summed E-state index contributed by atoms with van der Waals surface area (Å²) in [6, 6.07) is 10.0. The van der Waals surface area contributed by atoms with E-state index in [-0.39, 0.29) is 6.10 Å². The van der Waals surface area contributed by atoms with E-state index < -0.39 is 0 Å². The van der Waals surface area contributed by atoms with Gasteiger partial charge in [-0.1, -0.05) is 23.7 Å².